The molecule has 0 unspecified atom stereocenters. The van der Waals surface area contributed by atoms with E-state index in [1.165, 1.54) is 48.3 Å². The van der Waals surface area contributed by atoms with Crippen molar-refractivity contribution < 1.29 is 0 Å². The smallest absolute Gasteiger partial charge is 0.0461 e. The number of benzene rings is 1. The SMILES string of the molecule is C=C1CCc2ccc(NC3CC3)cc2N1CCCC. The molecule has 2 nitrogen and oxygen atoms in total. The second-order valence-electron chi connectivity index (χ2n) is 5.83. The van der Waals surface area contributed by atoms with Crippen LogP contribution < -0.4 is 10.2 Å². The van der Waals surface area contributed by atoms with Crippen LogP contribution >= 0.6 is 0 Å². The fourth-order valence-electron chi connectivity index (χ4n) is 2.76. The third kappa shape index (κ3) is 2.78. The molecule has 1 aliphatic carbocycles. The molecule has 0 atom stereocenters. The molecule has 19 heavy (non-hydrogen) atoms. The third-order valence-corrected chi connectivity index (χ3v) is 4.12. The van der Waals surface area contributed by atoms with Crippen molar-refractivity contribution in [1.82, 2.24) is 0 Å². The van der Waals surface area contributed by atoms with E-state index in [4.69, 9.17) is 0 Å². The van der Waals surface area contributed by atoms with Crippen molar-refractivity contribution >= 4 is 11.4 Å². The molecule has 1 fully saturated rings. The molecule has 0 spiro atoms. The Morgan fingerprint density at radius 2 is 2.16 bits per heavy atom. The number of anilines is 2. The van der Waals surface area contributed by atoms with Crippen molar-refractivity contribution in [2.75, 3.05) is 16.8 Å². The molecule has 0 saturated heterocycles. The van der Waals surface area contributed by atoms with Gasteiger partial charge in [0, 0.05) is 29.7 Å². The molecule has 1 saturated carbocycles. The van der Waals surface area contributed by atoms with E-state index in [9.17, 15) is 0 Å². The number of nitrogens with zero attached hydrogens (tertiary/aromatic N) is 1. The second kappa shape index (κ2) is 5.28. The van der Waals surface area contributed by atoms with Gasteiger partial charge in [0.1, 0.15) is 0 Å². The molecule has 1 N–H and O–H groups in total. The Morgan fingerprint density at radius 3 is 2.89 bits per heavy atom. The first kappa shape index (κ1) is 12.6. The summed E-state index contributed by atoms with van der Waals surface area (Å²) in [5.74, 6) is 0. The van der Waals surface area contributed by atoms with Gasteiger partial charge in [0.05, 0.1) is 0 Å². The first-order valence-corrected chi connectivity index (χ1v) is 7.62. The molecular formula is C17H24N2. The van der Waals surface area contributed by atoms with E-state index < -0.39 is 0 Å². The van der Waals surface area contributed by atoms with Crippen LogP contribution in [0.5, 0.6) is 0 Å². The predicted molar refractivity (Wildman–Crippen MR) is 82.8 cm³/mol. The lowest BCUT2D eigenvalue weighted by Crippen LogP contribution is -2.28. The fourth-order valence-corrected chi connectivity index (χ4v) is 2.76. The largest absolute Gasteiger partial charge is 0.382 e. The summed E-state index contributed by atoms with van der Waals surface area (Å²) in [6.07, 6.45) is 7.36. The second-order valence-corrected chi connectivity index (χ2v) is 5.83. The normalized spacial score (nSPS) is 18.4. The number of nitrogens with one attached hydrogen (secondary N) is 1. The summed E-state index contributed by atoms with van der Waals surface area (Å²) in [4.78, 5) is 2.43. The van der Waals surface area contributed by atoms with Crippen molar-refractivity contribution in [2.45, 2.75) is 51.5 Å². The fraction of sp³-hybridized carbons (Fsp3) is 0.529. The number of unbranched alkanes of at least 4 members (excludes halogenated alkanes) is 1. The Morgan fingerprint density at radius 1 is 1.32 bits per heavy atom. The molecule has 102 valence electrons. The van der Waals surface area contributed by atoms with Gasteiger partial charge in [-0.3, -0.25) is 0 Å². The zero-order valence-electron chi connectivity index (χ0n) is 11.9. The predicted octanol–water partition coefficient (Wildman–Crippen LogP) is 4.33. The average molecular weight is 256 g/mol. The standard InChI is InChI=1S/C17H24N2/c1-3-4-11-19-13(2)5-6-14-7-8-16(12-17(14)19)18-15-9-10-15/h7-8,12,15,18H,2-6,9-11H2,1H3. The number of rotatable bonds is 5. The summed E-state index contributed by atoms with van der Waals surface area (Å²) in [5, 5.41) is 3.60. The minimum Gasteiger partial charge on any atom is -0.382 e. The zero-order valence-corrected chi connectivity index (χ0v) is 11.9. The maximum Gasteiger partial charge on any atom is 0.0461 e. The van der Waals surface area contributed by atoms with Gasteiger partial charge in [-0.25, -0.2) is 0 Å². The Labute approximate surface area is 116 Å². The summed E-state index contributed by atoms with van der Waals surface area (Å²) in [6, 6.07) is 7.58. The first-order valence-electron chi connectivity index (χ1n) is 7.62. The number of hydrogen-bond donors (Lipinski definition) is 1. The minimum atomic E-state index is 0.717. The van der Waals surface area contributed by atoms with Gasteiger partial charge in [-0.05, 0) is 49.8 Å². The van der Waals surface area contributed by atoms with Crippen LogP contribution in [0, 0.1) is 0 Å². The Balaban J connectivity index is 1.84. The lowest BCUT2D eigenvalue weighted by molar-refractivity contribution is 0.721. The molecule has 0 aromatic heterocycles. The summed E-state index contributed by atoms with van der Waals surface area (Å²) in [5.41, 5.74) is 5.42. The van der Waals surface area contributed by atoms with Gasteiger partial charge in [-0.1, -0.05) is 26.0 Å². The molecular weight excluding hydrogens is 232 g/mol. The topological polar surface area (TPSA) is 15.3 Å². The Hall–Kier alpha value is -1.44. The van der Waals surface area contributed by atoms with E-state index >= 15 is 0 Å². The molecule has 0 amide bonds. The lowest BCUT2D eigenvalue weighted by Gasteiger charge is -2.33. The van der Waals surface area contributed by atoms with Gasteiger partial charge in [0.15, 0.2) is 0 Å². The van der Waals surface area contributed by atoms with Gasteiger partial charge < -0.3 is 10.2 Å². The molecule has 0 radical (unpaired) electrons. The summed E-state index contributed by atoms with van der Waals surface area (Å²) < 4.78 is 0. The van der Waals surface area contributed by atoms with Gasteiger partial charge in [0.2, 0.25) is 0 Å². The van der Waals surface area contributed by atoms with Crippen molar-refractivity contribution in [2.24, 2.45) is 0 Å². The monoisotopic (exact) mass is 256 g/mol. The van der Waals surface area contributed by atoms with Crippen molar-refractivity contribution in [3.05, 3.63) is 36.0 Å². The Kier molecular flexibility index (Phi) is 3.50. The number of allylic oxidation sites excluding steroid dienone is 1. The van der Waals surface area contributed by atoms with Crippen LogP contribution in [0.1, 0.15) is 44.6 Å². The Bertz CT molecular complexity index is 474. The summed E-state index contributed by atoms with van der Waals surface area (Å²) >= 11 is 0. The average Bonchev–Trinajstić information content (AvgIpc) is 3.22. The van der Waals surface area contributed by atoms with Crippen LogP contribution in [0.3, 0.4) is 0 Å². The van der Waals surface area contributed by atoms with E-state index in [0.29, 0.717) is 6.04 Å². The van der Waals surface area contributed by atoms with E-state index in [-0.39, 0.29) is 0 Å². The van der Waals surface area contributed by atoms with Crippen LogP contribution in [0.2, 0.25) is 0 Å². The van der Waals surface area contributed by atoms with Gasteiger partial charge >= 0.3 is 0 Å². The molecule has 0 bridgehead atoms. The highest BCUT2D eigenvalue weighted by atomic mass is 15.1. The first-order chi connectivity index (χ1) is 9.28. The molecule has 1 aromatic rings. The molecule has 2 aliphatic rings. The maximum atomic E-state index is 4.26. The van der Waals surface area contributed by atoms with Crippen LogP contribution in [0.4, 0.5) is 11.4 Å². The van der Waals surface area contributed by atoms with E-state index in [1.54, 1.807) is 0 Å². The lowest BCUT2D eigenvalue weighted by atomic mass is 9.98. The summed E-state index contributed by atoms with van der Waals surface area (Å²) in [6.45, 7) is 7.61. The van der Waals surface area contributed by atoms with E-state index in [2.05, 4.69) is 41.9 Å². The molecule has 2 heteroatoms. The molecule has 1 aliphatic heterocycles. The molecule has 1 heterocycles. The van der Waals surface area contributed by atoms with Gasteiger partial charge in [-0.15, -0.1) is 0 Å². The van der Waals surface area contributed by atoms with Gasteiger partial charge in [0.25, 0.3) is 0 Å². The molecule has 3 rings (SSSR count). The van der Waals surface area contributed by atoms with Crippen LogP contribution in [0.15, 0.2) is 30.5 Å². The molecule has 1 aromatic carbocycles. The highest BCUT2D eigenvalue weighted by Crippen LogP contribution is 2.35. The number of aryl methyl sites for hydroxylation is 1. The zero-order chi connectivity index (χ0) is 13.2. The minimum absolute atomic E-state index is 0.717. The highest BCUT2D eigenvalue weighted by molar-refractivity contribution is 5.67. The van der Waals surface area contributed by atoms with Crippen molar-refractivity contribution in [1.29, 1.82) is 0 Å². The quantitative estimate of drug-likeness (QED) is 0.843. The van der Waals surface area contributed by atoms with Crippen molar-refractivity contribution in [3.63, 3.8) is 0 Å². The highest BCUT2D eigenvalue weighted by Gasteiger charge is 2.23. The van der Waals surface area contributed by atoms with E-state index in [0.717, 1.165) is 19.4 Å². The number of hydrogen-bond acceptors (Lipinski definition) is 2. The van der Waals surface area contributed by atoms with Gasteiger partial charge in [-0.2, -0.15) is 0 Å². The van der Waals surface area contributed by atoms with Crippen LogP contribution in [-0.4, -0.2) is 12.6 Å². The van der Waals surface area contributed by atoms with Crippen molar-refractivity contribution in [3.8, 4) is 0 Å². The van der Waals surface area contributed by atoms with Crippen LogP contribution in [0.25, 0.3) is 0 Å². The maximum absolute atomic E-state index is 4.26. The number of fused-ring (bicyclic) bond motifs is 1. The van der Waals surface area contributed by atoms with E-state index in [1.807, 2.05) is 0 Å². The van der Waals surface area contributed by atoms with Crippen LogP contribution in [-0.2, 0) is 6.42 Å². The summed E-state index contributed by atoms with van der Waals surface area (Å²) in [7, 11) is 0. The third-order valence-electron chi connectivity index (χ3n) is 4.12.